The fourth-order valence-corrected chi connectivity index (χ4v) is 3.22. The molecular weight excluding hydrogens is 340 g/mol. The standard InChI is InChI=1S/C18H15BrN2O/c1-13-2-8-16(9-3-13)21-17(22)10-11-18(21,12-20)14-4-6-15(19)7-5-14/h2-9H,10-11H2,1H3/t18-/m0/s1. The molecule has 110 valence electrons. The first-order valence-electron chi connectivity index (χ1n) is 7.14. The van der Waals surface area contributed by atoms with Crippen LogP contribution in [0.1, 0.15) is 24.0 Å². The lowest BCUT2D eigenvalue weighted by atomic mass is 9.88. The molecule has 0 spiro atoms. The van der Waals surface area contributed by atoms with Crippen LogP contribution in [-0.2, 0) is 10.3 Å². The van der Waals surface area contributed by atoms with Gasteiger partial charge in [-0.15, -0.1) is 0 Å². The molecule has 22 heavy (non-hydrogen) atoms. The number of nitrogens with zero attached hydrogens (tertiary/aromatic N) is 2. The number of carbonyl (C=O) groups excluding carboxylic acids is 1. The number of halogens is 1. The molecule has 3 nitrogen and oxygen atoms in total. The van der Waals surface area contributed by atoms with Crippen molar-refractivity contribution in [3.63, 3.8) is 0 Å². The van der Waals surface area contributed by atoms with Crippen LogP contribution in [-0.4, -0.2) is 5.91 Å². The number of carbonyl (C=O) groups is 1. The Morgan fingerprint density at radius 1 is 1.14 bits per heavy atom. The van der Waals surface area contributed by atoms with Crippen LogP contribution in [0.5, 0.6) is 0 Å². The summed E-state index contributed by atoms with van der Waals surface area (Å²) >= 11 is 3.41. The molecule has 1 heterocycles. The number of anilines is 1. The van der Waals surface area contributed by atoms with E-state index in [1.54, 1.807) is 4.90 Å². The van der Waals surface area contributed by atoms with Gasteiger partial charge in [0.15, 0.2) is 5.54 Å². The lowest BCUT2D eigenvalue weighted by Gasteiger charge is -2.33. The van der Waals surface area contributed by atoms with Crippen molar-refractivity contribution < 1.29 is 4.79 Å². The van der Waals surface area contributed by atoms with Crippen molar-refractivity contribution in [1.29, 1.82) is 5.26 Å². The summed E-state index contributed by atoms with van der Waals surface area (Å²) in [5.74, 6) is -0.00618. The fraction of sp³-hybridized carbons (Fsp3) is 0.222. The number of amides is 1. The highest BCUT2D eigenvalue weighted by Crippen LogP contribution is 2.42. The summed E-state index contributed by atoms with van der Waals surface area (Å²) in [6, 6.07) is 17.8. The molecule has 1 atom stereocenters. The van der Waals surface area contributed by atoms with Gasteiger partial charge in [0.25, 0.3) is 0 Å². The summed E-state index contributed by atoms with van der Waals surface area (Å²) < 4.78 is 0.954. The van der Waals surface area contributed by atoms with Gasteiger partial charge in [-0.3, -0.25) is 9.69 Å². The molecule has 3 rings (SSSR count). The molecule has 0 bridgehead atoms. The van der Waals surface area contributed by atoms with E-state index in [4.69, 9.17) is 0 Å². The smallest absolute Gasteiger partial charge is 0.228 e. The Morgan fingerprint density at radius 3 is 2.36 bits per heavy atom. The van der Waals surface area contributed by atoms with Crippen LogP contribution in [0.4, 0.5) is 5.69 Å². The minimum Gasteiger partial charge on any atom is -0.289 e. The molecule has 1 amide bonds. The molecular formula is C18H15BrN2O. The molecule has 1 saturated heterocycles. The maximum Gasteiger partial charge on any atom is 0.228 e. The summed E-state index contributed by atoms with van der Waals surface area (Å²) in [5, 5.41) is 9.89. The van der Waals surface area contributed by atoms with E-state index in [1.165, 1.54) is 0 Å². The highest BCUT2D eigenvalue weighted by molar-refractivity contribution is 9.10. The van der Waals surface area contributed by atoms with Gasteiger partial charge in [0.1, 0.15) is 0 Å². The predicted molar refractivity (Wildman–Crippen MR) is 89.3 cm³/mol. The van der Waals surface area contributed by atoms with E-state index < -0.39 is 5.54 Å². The SMILES string of the molecule is Cc1ccc(N2C(=O)CC[C@]2(C#N)c2ccc(Br)cc2)cc1. The molecule has 0 radical (unpaired) electrons. The van der Waals surface area contributed by atoms with Crippen LogP contribution in [0.3, 0.4) is 0 Å². The number of nitriles is 1. The molecule has 0 aliphatic carbocycles. The minimum absolute atomic E-state index is 0.00618. The van der Waals surface area contributed by atoms with Crippen molar-refractivity contribution in [2.75, 3.05) is 4.90 Å². The minimum atomic E-state index is -0.924. The first-order chi connectivity index (χ1) is 10.6. The topological polar surface area (TPSA) is 44.1 Å². The fourth-order valence-electron chi connectivity index (χ4n) is 2.95. The van der Waals surface area contributed by atoms with Crippen LogP contribution in [0, 0.1) is 18.3 Å². The van der Waals surface area contributed by atoms with Gasteiger partial charge in [0.05, 0.1) is 6.07 Å². The van der Waals surface area contributed by atoms with Gasteiger partial charge in [-0.2, -0.15) is 5.26 Å². The van der Waals surface area contributed by atoms with Gasteiger partial charge in [0.2, 0.25) is 5.91 Å². The van der Waals surface area contributed by atoms with E-state index >= 15 is 0 Å². The van der Waals surface area contributed by atoms with Gasteiger partial charge >= 0.3 is 0 Å². The van der Waals surface area contributed by atoms with Crippen LogP contribution in [0.2, 0.25) is 0 Å². The molecule has 1 aliphatic heterocycles. The Hall–Kier alpha value is -2.12. The Kier molecular flexibility index (Phi) is 3.76. The Labute approximate surface area is 138 Å². The van der Waals surface area contributed by atoms with Gasteiger partial charge in [-0.25, -0.2) is 0 Å². The second kappa shape index (κ2) is 5.58. The predicted octanol–water partition coefficient (Wildman–Crippen LogP) is 4.30. The lowest BCUT2D eigenvalue weighted by Crippen LogP contribution is -2.42. The maximum absolute atomic E-state index is 12.4. The second-order valence-electron chi connectivity index (χ2n) is 5.54. The van der Waals surface area contributed by atoms with E-state index in [-0.39, 0.29) is 5.91 Å². The summed E-state index contributed by atoms with van der Waals surface area (Å²) in [6.45, 7) is 2.00. The highest BCUT2D eigenvalue weighted by atomic mass is 79.9. The molecule has 2 aromatic rings. The van der Waals surface area contributed by atoms with Gasteiger partial charge in [-0.1, -0.05) is 45.8 Å². The largest absolute Gasteiger partial charge is 0.289 e. The normalized spacial score (nSPS) is 21.0. The van der Waals surface area contributed by atoms with Crippen molar-refractivity contribution in [3.05, 3.63) is 64.1 Å². The van der Waals surface area contributed by atoms with Crippen LogP contribution < -0.4 is 4.90 Å². The first kappa shape index (κ1) is 14.8. The zero-order chi connectivity index (χ0) is 15.7. The Balaban J connectivity index is 2.13. The number of rotatable bonds is 2. The molecule has 0 saturated carbocycles. The molecule has 1 aliphatic rings. The van der Waals surface area contributed by atoms with Crippen LogP contribution in [0.25, 0.3) is 0 Å². The zero-order valence-electron chi connectivity index (χ0n) is 12.2. The van der Waals surface area contributed by atoms with Crippen molar-refractivity contribution >= 4 is 27.5 Å². The van der Waals surface area contributed by atoms with E-state index in [0.717, 1.165) is 21.3 Å². The number of benzene rings is 2. The molecule has 4 heteroatoms. The van der Waals surface area contributed by atoms with E-state index in [0.29, 0.717) is 12.8 Å². The third kappa shape index (κ3) is 2.32. The quantitative estimate of drug-likeness (QED) is 0.806. The molecule has 1 fully saturated rings. The third-order valence-electron chi connectivity index (χ3n) is 4.13. The Morgan fingerprint density at radius 2 is 1.77 bits per heavy atom. The number of aryl methyl sites for hydroxylation is 1. The molecule has 2 aromatic carbocycles. The number of hydrogen-bond acceptors (Lipinski definition) is 2. The number of hydrogen-bond donors (Lipinski definition) is 0. The van der Waals surface area contributed by atoms with E-state index in [1.807, 2.05) is 55.5 Å². The Bertz CT molecular complexity index is 746. The lowest BCUT2D eigenvalue weighted by molar-refractivity contribution is -0.117. The first-order valence-corrected chi connectivity index (χ1v) is 7.93. The van der Waals surface area contributed by atoms with Crippen LogP contribution >= 0.6 is 15.9 Å². The van der Waals surface area contributed by atoms with Crippen molar-refractivity contribution in [1.82, 2.24) is 0 Å². The molecule has 0 unspecified atom stereocenters. The zero-order valence-corrected chi connectivity index (χ0v) is 13.8. The van der Waals surface area contributed by atoms with Crippen molar-refractivity contribution in [2.24, 2.45) is 0 Å². The third-order valence-corrected chi connectivity index (χ3v) is 4.66. The summed E-state index contributed by atoms with van der Waals surface area (Å²) in [6.07, 6.45) is 0.898. The second-order valence-corrected chi connectivity index (χ2v) is 6.46. The van der Waals surface area contributed by atoms with Crippen molar-refractivity contribution in [3.8, 4) is 6.07 Å². The van der Waals surface area contributed by atoms with Gasteiger partial charge in [0, 0.05) is 16.6 Å². The van der Waals surface area contributed by atoms with Gasteiger partial charge in [-0.05, 0) is 43.2 Å². The molecule has 0 N–H and O–H groups in total. The van der Waals surface area contributed by atoms with Crippen molar-refractivity contribution in [2.45, 2.75) is 25.3 Å². The highest BCUT2D eigenvalue weighted by Gasteiger charge is 2.48. The summed E-state index contributed by atoms with van der Waals surface area (Å²) in [7, 11) is 0. The summed E-state index contributed by atoms with van der Waals surface area (Å²) in [5.41, 5.74) is 1.83. The maximum atomic E-state index is 12.4. The average molecular weight is 355 g/mol. The summed E-state index contributed by atoms with van der Waals surface area (Å²) in [4.78, 5) is 14.1. The average Bonchev–Trinajstić information content (AvgIpc) is 2.87. The van der Waals surface area contributed by atoms with E-state index in [2.05, 4.69) is 22.0 Å². The van der Waals surface area contributed by atoms with Crippen LogP contribution in [0.15, 0.2) is 53.0 Å². The molecule has 0 aromatic heterocycles. The monoisotopic (exact) mass is 354 g/mol. The van der Waals surface area contributed by atoms with E-state index in [9.17, 15) is 10.1 Å². The van der Waals surface area contributed by atoms with Gasteiger partial charge < -0.3 is 0 Å².